The predicted octanol–water partition coefficient (Wildman–Crippen LogP) is 7.86. The third-order valence-corrected chi connectivity index (χ3v) is 7.83. The van der Waals surface area contributed by atoms with Gasteiger partial charge in [0, 0.05) is 16.3 Å². The number of carboxylic acids is 1. The van der Waals surface area contributed by atoms with Gasteiger partial charge in [0.2, 0.25) is 0 Å². The lowest BCUT2D eigenvalue weighted by Gasteiger charge is -2.28. The highest BCUT2D eigenvalue weighted by Crippen LogP contribution is 2.42. The number of halogens is 1. The van der Waals surface area contributed by atoms with Gasteiger partial charge in [0.05, 0.1) is 23.9 Å². The van der Waals surface area contributed by atoms with E-state index >= 15 is 0 Å². The molecule has 0 spiro atoms. The first-order valence-electron chi connectivity index (χ1n) is 12.2. The van der Waals surface area contributed by atoms with Crippen molar-refractivity contribution in [2.24, 2.45) is 5.41 Å². The first-order valence-corrected chi connectivity index (χ1v) is 13.5. The summed E-state index contributed by atoms with van der Waals surface area (Å²) in [6.45, 7) is 4.56. The van der Waals surface area contributed by atoms with Crippen molar-refractivity contribution in [3.05, 3.63) is 111 Å². The van der Waals surface area contributed by atoms with Crippen molar-refractivity contribution in [3.8, 4) is 0 Å². The van der Waals surface area contributed by atoms with Crippen LogP contribution in [0.5, 0.6) is 0 Å². The summed E-state index contributed by atoms with van der Waals surface area (Å²) in [6.07, 6.45) is 7.21. The van der Waals surface area contributed by atoms with Gasteiger partial charge in [-0.25, -0.2) is 4.98 Å². The van der Waals surface area contributed by atoms with Gasteiger partial charge in [0.15, 0.2) is 0 Å². The van der Waals surface area contributed by atoms with Crippen molar-refractivity contribution < 1.29 is 9.90 Å². The van der Waals surface area contributed by atoms with Crippen LogP contribution in [0.2, 0.25) is 5.02 Å². The summed E-state index contributed by atoms with van der Waals surface area (Å²) in [7, 11) is 0. The number of hydrogen-bond acceptors (Lipinski definition) is 3. The molecular formula is C30H31ClN2O2S. The maximum absolute atomic E-state index is 12.8. The molecule has 0 saturated heterocycles. The summed E-state index contributed by atoms with van der Waals surface area (Å²) in [5.74, 6) is 0.128. The van der Waals surface area contributed by atoms with Crippen molar-refractivity contribution in [3.63, 3.8) is 0 Å². The van der Waals surface area contributed by atoms with Crippen molar-refractivity contribution in [1.29, 1.82) is 0 Å². The Bertz CT molecular complexity index is 1330. The number of nitrogens with zero attached hydrogens (tertiary/aromatic N) is 2. The van der Waals surface area contributed by atoms with Crippen LogP contribution in [0, 0.1) is 5.41 Å². The van der Waals surface area contributed by atoms with Gasteiger partial charge in [-0.15, -0.1) is 11.3 Å². The number of benzene rings is 2. The molecule has 0 aliphatic heterocycles. The Kier molecular flexibility index (Phi) is 8.44. The van der Waals surface area contributed by atoms with Crippen molar-refractivity contribution >= 4 is 40.6 Å². The molecule has 1 N–H and O–H groups in total. The standard InChI is InChI=1S/C30H31ClN2O2S/c1-3-4-16-28-32-20-24(33(28)21-23-13-8-9-14-26(23)31)18-25(27-15-10-17-36-27)30(2,29(34)35)19-22-11-6-5-7-12-22/h5-15,17-18,20H,3-4,16,19,21H2,1-2H3,(H,34,35). The van der Waals surface area contributed by atoms with E-state index in [0.717, 1.165) is 52.4 Å². The Labute approximate surface area is 221 Å². The molecule has 0 amide bonds. The van der Waals surface area contributed by atoms with Crippen LogP contribution in [0.3, 0.4) is 0 Å². The Morgan fingerprint density at radius 2 is 1.86 bits per heavy atom. The molecule has 4 nitrogen and oxygen atoms in total. The van der Waals surface area contributed by atoms with Crippen LogP contribution in [0.25, 0.3) is 11.6 Å². The zero-order chi connectivity index (χ0) is 25.5. The Morgan fingerprint density at radius 1 is 1.11 bits per heavy atom. The number of rotatable bonds is 11. The lowest BCUT2D eigenvalue weighted by atomic mass is 9.75. The van der Waals surface area contributed by atoms with Crippen LogP contribution in [0.15, 0.2) is 78.3 Å². The SMILES string of the molecule is CCCCc1ncc(C=C(c2cccs2)C(C)(Cc2ccccc2)C(=O)O)n1Cc1ccccc1Cl. The number of imidazole rings is 1. The van der Waals surface area contributed by atoms with Crippen molar-refractivity contribution in [2.75, 3.05) is 0 Å². The second-order valence-electron chi connectivity index (χ2n) is 9.22. The number of carboxylic acid groups (broad SMARTS) is 1. The third-order valence-electron chi connectivity index (χ3n) is 6.56. The van der Waals surface area contributed by atoms with Gasteiger partial charge in [-0.2, -0.15) is 0 Å². The minimum absolute atomic E-state index is 0.383. The molecule has 0 bridgehead atoms. The van der Waals surface area contributed by atoms with E-state index in [1.807, 2.05) is 91.3 Å². The van der Waals surface area contributed by atoms with Gasteiger partial charge in [0.25, 0.3) is 0 Å². The summed E-state index contributed by atoms with van der Waals surface area (Å²) < 4.78 is 2.18. The van der Waals surface area contributed by atoms with Gasteiger partial charge in [-0.3, -0.25) is 4.79 Å². The summed E-state index contributed by atoms with van der Waals surface area (Å²) in [5, 5.41) is 13.2. The number of thiophene rings is 1. The highest BCUT2D eigenvalue weighted by Gasteiger charge is 2.39. The molecule has 2 aromatic heterocycles. The van der Waals surface area contributed by atoms with Crippen LogP contribution in [-0.2, 0) is 24.2 Å². The van der Waals surface area contributed by atoms with Crippen LogP contribution in [0.4, 0.5) is 0 Å². The number of hydrogen-bond donors (Lipinski definition) is 1. The molecule has 1 unspecified atom stereocenters. The van der Waals surface area contributed by atoms with Gasteiger partial charge < -0.3 is 9.67 Å². The van der Waals surface area contributed by atoms with E-state index in [9.17, 15) is 9.90 Å². The van der Waals surface area contributed by atoms with E-state index in [-0.39, 0.29) is 0 Å². The predicted molar refractivity (Wildman–Crippen MR) is 149 cm³/mol. The quantitative estimate of drug-likeness (QED) is 0.220. The van der Waals surface area contributed by atoms with Crippen molar-refractivity contribution in [2.45, 2.75) is 46.1 Å². The summed E-state index contributed by atoms with van der Waals surface area (Å²) >= 11 is 8.07. The number of unbranched alkanes of at least 4 members (excludes halogenated alkanes) is 1. The molecule has 4 rings (SSSR count). The zero-order valence-electron chi connectivity index (χ0n) is 20.7. The topological polar surface area (TPSA) is 55.1 Å². The lowest BCUT2D eigenvalue weighted by molar-refractivity contribution is -0.144. The van der Waals surface area contributed by atoms with E-state index in [4.69, 9.17) is 16.6 Å². The Morgan fingerprint density at radius 3 is 2.53 bits per heavy atom. The van der Waals surface area contributed by atoms with E-state index in [2.05, 4.69) is 11.5 Å². The molecule has 0 aliphatic carbocycles. The fraction of sp³-hybridized carbons (Fsp3) is 0.267. The molecule has 6 heteroatoms. The number of carbonyl (C=O) groups is 1. The average Bonchev–Trinajstić information content (AvgIpc) is 3.53. The molecule has 4 aromatic rings. The lowest BCUT2D eigenvalue weighted by Crippen LogP contribution is -2.31. The van der Waals surface area contributed by atoms with Gasteiger partial charge >= 0.3 is 5.97 Å². The monoisotopic (exact) mass is 518 g/mol. The summed E-state index contributed by atoms with van der Waals surface area (Å²) in [6, 6.07) is 21.6. The first-order chi connectivity index (χ1) is 17.4. The second-order valence-corrected chi connectivity index (χ2v) is 10.6. The average molecular weight is 519 g/mol. The van der Waals surface area contributed by atoms with E-state index < -0.39 is 11.4 Å². The molecule has 0 aliphatic rings. The van der Waals surface area contributed by atoms with Gasteiger partial charge in [-0.05, 0) is 60.1 Å². The maximum atomic E-state index is 12.8. The fourth-order valence-electron chi connectivity index (χ4n) is 4.43. The van der Waals surface area contributed by atoms with Crippen molar-refractivity contribution in [1.82, 2.24) is 9.55 Å². The maximum Gasteiger partial charge on any atom is 0.314 e. The molecular weight excluding hydrogens is 488 g/mol. The van der Waals surface area contributed by atoms with E-state index in [1.54, 1.807) is 11.3 Å². The Hall–Kier alpha value is -3.15. The molecule has 0 saturated carbocycles. The fourth-order valence-corrected chi connectivity index (χ4v) is 5.50. The molecule has 2 heterocycles. The number of aliphatic carboxylic acids is 1. The molecule has 0 fully saturated rings. The van der Waals surface area contributed by atoms with Crippen LogP contribution in [0.1, 0.15) is 54.2 Å². The molecule has 1 atom stereocenters. The molecule has 36 heavy (non-hydrogen) atoms. The van der Waals surface area contributed by atoms with E-state index in [0.29, 0.717) is 18.0 Å². The second kappa shape index (κ2) is 11.7. The number of aromatic nitrogens is 2. The molecule has 0 radical (unpaired) electrons. The highest BCUT2D eigenvalue weighted by molar-refractivity contribution is 7.11. The first kappa shape index (κ1) is 25.9. The summed E-state index contributed by atoms with van der Waals surface area (Å²) in [5.41, 5.74) is 2.52. The normalized spacial score (nSPS) is 13.5. The highest BCUT2D eigenvalue weighted by atomic mass is 35.5. The third kappa shape index (κ3) is 5.80. The minimum atomic E-state index is -1.13. The molecule has 186 valence electrons. The van der Waals surface area contributed by atoms with E-state index in [1.165, 1.54) is 0 Å². The van der Waals surface area contributed by atoms with Gasteiger partial charge in [0.1, 0.15) is 5.82 Å². The van der Waals surface area contributed by atoms with Crippen LogP contribution < -0.4 is 0 Å². The minimum Gasteiger partial charge on any atom is -0.481 e. The van der Waals surface area contributed by atoms with Crippen LogP contribution >= 0.6 is 22.9 Å². The van der Waals surface area contributed by atoms with Crippen LogP contribution in [-0.4, -0.2) is 20.6 Å². The zero-order valence-corrected chi connectivity index (χ0v) is 22.2. The number of aryl methyl sites for hydroxylation is 1. The largest absolute Gasteiger partial charge is 0.481 e. The Balaban J connectivity index is 1.85. The smallest absolute Gasteiger partial charge is 0.314 e. The van der Waals surface area contributed by atoms with Gasteiger partial charge in [-0.1, -0.05) is 79.5 Å². The molecule has 2 aromatic carbocycles. The summed E-state index contributed by atoms with van der Waals surface area (Å²) in [4.78, 5) is 18.5.